The zero-order valence-corrected chi connectivity index (χ0v) is 14.8. The minimum absolute atomic E-state index is 0.000601. The highest BCUT2D eigenvalue weighted by Gasteiger charge is 2.56. The number of hydrogen-bond donors (Lipinski definition) is 0. The van der Waals surface area contributed by atoms with E-state index in [9.17, 15) is 14.4 Å². The van der Waals surface area contributed by atoms with Crippen LogP contribution in [0.1, 0.15) is 60.3 Å². The highest BCUT2D eigenvalue weighted by atomic mass is 16.1. The van der Waals surface area contributed by atoms with E-state index in [4.69, 9.17) is 0 Å². The summed E-state index contributed by atoms with van der Waals surface area (Å²) in [4.78, 5) is 38.1. The van der Waals surface area contributed by atoms with Gasteiger partial charge in [0.25, 0.3) is 0 Å². The van der Waals surface area contributed by atoms with Gasteiger partial charge < -0.3 is 0 Å². The zero-order chi connectivity index (χ0) is 17.2. The van der Waals surface area contributed by atoms with Gasteiger partial charge in [0.2, 0.25) is 0 Å². The van der Waals surface area contributed by atoms with E-state index >= 15 is 0 Å². The lowest BCUT2D eigenvalue weighted by atomic mass is 9.48. The Kier molecular flexibility index (Phi) is 3.55. The smallest absolute Gasteiger partial charge is 0.185 e. The SMILES string of the molecule is CC(C)C1=CC(=O)C2=C(CC[C@@H]3C(C)(C)C(=O)CC[C@]23C)C1=O. The van der Waals surface area contributed by atoms with Crippen LogP contribution in [0.15, 0.2) is 22.8 Å². The molecule has 0 unspecified atom stereocenters. The van der Waals surface area contributed by atoms with Gasteiger partial charge in [0, 0.05) is 34.0 Å². The molecule has 0 heterocycles. The molecule has 23 heavy (non-hydrogen) atoms. The summed E-state index contributed by atoms with van der Waals surface area (Å²) < 4.78 is 0. The van der Waals surface area contributed by atoms with Gasteiger partial charge in [0.15, 0.2) is 11.6 Å². The van der Waals surface area contributed by atoms with Gasteiger partial charge in [0.05, 0.1) is 0 Å². The van der Waals surface area contributed by atoms with Crippen LogP contribution < -0.4 is 0 Å². The van der Waals surface area contributed by atoms with Crippen LogP contribution in [-0.2, 0) is 14.4 Å². The molecule has 3 rings (SSSR count). The first kappa shape index (κ1) is 16.4. The monoisotopic (exact) mass is 314 g/mol. The Morgan fingerprint density at radius 2 is 1.74 bits per heavy atom. The fourth-order valence-corrected chi connectivity index (χ4v) is 5.14. The van der Waals surface area contributed by atoms with E-state index in [1.54, 1.807) is 6.08 Å². The van der Waals surface area contributed by atoms with Crippen molar-refractivity contribution in [3.05, 3.63) is 22.8 Å². The Hall–Kier alpha value is -1.51. The molecule has 0 N–H and O–H groups in total. The van der Waals surface area contributed by atoms with Gasteiger partial charge in [0.1, 0.15) is 5.78 Å². The fourth-order valence-electron chi connectivity index (χ4n) is 5.14. The van der Waals surface area contributed by atoms with E-state index in [0.717, 1.165) is 12.0 Å². The van der Waals surface area contributed by atoms with Gasteiger partial charge in [-0.2, -0.15) is 0 Å². The molecule has 0 bridgehead atoms. The molecule has 0 aromatic rings. The van der Waals surface area contributed by atoms with Gasteiger partial charge in [-0.05, 0) is 37.2 Å². The Morgan fingerprint density at radius 3 is 2.35 bits per heavy atom. The van der Waals surface area contributed by atoms with Gasteiger partial charge in [-0.25, -0.2) is 0 Å². The Bertz CT molecular complexity index is 675. The van der Waals surface area contributed by atoms with Crippen LogP contribution in [-0.4, -0.2) is 17.3 Å². The molecule has 0 aromatic heterocycles. The fraction of sp³-hybridized carbons (Fsp3) is 0.650. The van der Waals surface area contributed by atoms with E-state index in [0.29, 0.717) is 30.4 Å². The molecule has 2 atom stereocenters. The summed E-state index contributed by atoms with van der Waals surface area (Å²) in [5.41, 5.74) is 1.31. The number of Topliss-reactive ketones (excluding diaryl/α,β-unsaturated/α-hetero) is 2. The van der Waals surface area contributed by atoms with Crippen molar-refractivity contribution in [2.75, 3.05) is 0 Å². The number of allylic oxidation sites excluding steroid dienone is 4. The molecule has 1 saturated carbocycles. The van der Waals surface area contributed by atoms with Crippen molar-refractivity contribution in [2.24, 2.45) is 22.7 Å². The summed E-state index contributed by atoms with van der Waals surface area (Å²) in [5.74, 6) is 0.554. The van der Waals surface area contributed by atoms with E-state index < -0.39 is 5.41 Å². The molecule has 0 radical (unpaired) electrons. The molecular weight excluding hydrogens is 288 g/mol. The third-order valence-electron chi connectivity index (χ3n) is 6.48. The van der Waals surface area contributed by atoms with Crippen LogP contribution in [0.5, 0.6) is 0 Å². The highest BCUT2D eigenvalue weighted by molar-refractivity contribution is 6.23. The summed E-state index contributed by atoms with van der Waals surface area (Å²) in [5, 5.41) is 0. The first-order valence-corrected chi connectivity index (χ1v) is 8.68. The molecular formula is C20H26O3. The van der Waals surface area contributed by atoms with Crippen molar-refractivity contribution in [1.29, 1.82) is 0 Å². The standard InChI is InChI=1S/C20H26O3/c1-11(2)13-10-14(21)17-12(18(13)23)6-7-15-19(3,4)16(22)8-9-20(15,17)5/h10-11,15H,6-9H2,1-5H3/t15-,20+/m1/s1. The predicted molar refractivity (Wildman–Crippen MR) is 88.8 cm³/mol. The van der Waals surface area contributed by atoms with Crippen molar-refractivity contribution in [2.45, 2.75) is 60.3 Å². The van der Waals surface area contributed by atoms with Crippen molar-refractivity contribution in [3.8, 4) is 0 Å². The summed E-state index contributed by atoms with van der Waals surface area (Å²) in [6.45, 7) is 10.0. The van der Waals surface area contributed by atoms with Crippen molar-refractivity contribution < 1.29 is 14.4 Å². The second-order valence-electron chi connectivity index (χ2n) is 8.45. The molecule has 0 aliphatic heterocycles. The topological polar surface area (TPSA) is 51.2 Å². The highest BCUT2D eigenvalue weighted by Crippen LogP contribution is 2.59. The lowest BCUT2D eigenvalue weighted by Gasteiger charge is -2.54. The number of rotatable bonds is 1. The largest absolute Gasteiger partial charge is 0.299 e. The first-order valence-electron chi connectivity index (χ1n) is 8.68. The molecule has 0 aromatic carbocycles. The first-order chi connectivity index (χ1) is 10.6. The number of ketones is 3. The normalized spacial score (nSPS) is 33.6. The summed E-state index contributed by atoms with van der Waals surface area (Å²) in [6.07, 6.45) is 4.18. The summed E-state index contributed by atoms with van der Waals surface area (Å²) >= 11 is 0. The molecule has 3 aliphatic carbocycles. The number of carbonyl (C=O) groups excluding carboxylic acids is 3. The van der Waals surface area contributed by atoms with Crippen LogP contribution in [0.3, 0.4) is 0 Å². The lowest BCUT2D eigenvalue weighted by molar-refractivity contribution is -0.140. The molecule has 1 fully saturated rings. The Balaban J connectivity index is 2.12. The Labute approximate surface area is 138 Å². The van der Waals surface area contributed by atoms with Gasteiger partial charge in [-0.15, -0.1) is 0 Å². The molecule has 0 saturated heterocycles. The zero-order valence-electron chi connectivity index (χ0n) is 14.8. The van der Waals surface area contributed by atoms with E-state index in [-0.39, 0.29) is 34.6 Å². The average molecular weight is 314 g/mol. The van der Waals surface area contributed by atoms with Gasteiger partial charge in [-0.1, -0.05) is 34.6 Å². The van der Waals surface area contributed by atoms with E-state index in [2.05, 4.69) is 6.92 Å². The number of fused-ring (bicyclic) bond motifs is 2. The minimum Gasteiger partial charge on any atom is -0.299 e. The van der Waals surface area contributed by atoms with E-state index in [1.807, 2.05) is 27.7 Å². The minimum atomic E-state index is -0.420. The maximum absolute atomic E-state index is 12.9. The third-order valence-corrected chi connectivity index (χ3v) is 6.48. The second-order valence-corrected chi connectivity index (χ2v) is 8.45. The molecule has 3 heteroatoms. The maximum atomic E-state index is 12.9. The number of carbonyl (C=O) groups is 3. The van der Waals surface area contributed by atoms with Crippen LogP contribution in [0.2, 0.25) is 0 Å². The summed E-state index contributed by atoms with van der Waals surface area (Å²) in [7, 11) is 0. The van der Waals surface area contributed by atoms with Crippen LogP contribution >= 0.6 is 0 Å². The van der Waals surface area contributed by atoms with Gasteiger partial charge >= 0.3 is 0 Å². The molecule has 0 amide bonds. The van der Waals surface area contributed by atoms with E-state index in [1.165, 1.54) is 0 Å². The lowest BCUT2D eigenvalue weighted by Crippen LogP contribution is -2.52. The number of hydrogen-bond acceptors (Lipinski definition) is 3. The molecule has 0 spiro atoms. The molecule has 124 valence electrons. The van der Waals surface area contributed by atoms with Crippen molar-refractivity contribution in [1.82, 2.24) is 0 Å². The van der Waals surface area contributed by atoms with Crippen molar-refractivity contribution in [3.63, 3.8) is 0 Å². The van der Waals surface area contributed by atoms with Crippen LogP contribution in [0.4, 0.5) is 0 Å². The van der Waals surface area contributed by atoms with Crippen LogP contribution in [0, 0.1) is 22.7 Å². The average Bonchev–Trinajstić information content (AvgIpc) is 2.46. The molecule has 3 nitrogen and oxygen atoms in total. The molecule has 3 aliphatic rings. The van der Waals surface area contributed by atoms with Gasteiger partial charge in [-0.3, -0.25) is 14.4 Å². The third kappa shape index (κ3) is 2.12. The quantitative estimate of drug-likeness (QED) is 0.691. The van der Waals surface area contributed by atoms with Crippen molar-refractivity contribution >= 4 is 17.3 Å². The predicted octanol–water partition coefficient (Wildman–Crippen LogP) is 3.82. The second kappa shape index (κ2) is 4.99. The summed E-state index contributed by atoms with van der Waals surface area (Å²) in [6, 6.07) is 0. The Morgan fingerprint density at radius 1 is 1.09 bits per heavy atom. The maximum Gasteiger partial charge on any atom is 0.185 e. The van der Waals surface area contributed by atoms with Crippen LogP contribution in [0.25, 0.3) is 0 Å².